The van der Waals surface area contributed by atoms with Gasteiger partial charge < -0.3 is 19.7 Å². The highest BCUT2D eigenvalue weighted by atomic mass is 16.5. The van der Waals surface area contributed by atoms with Gasteiger partial charge in [0.05, 0.1) is 11.6 Å². The second-order valence-corrected chi connectivity index (χ2v) is 5.85. The quantitative estimate of drug-likeness (QED) is 0.868. The van der Waals surface area contributed by atoms with E-state index in [1.807, 2.05) is 6.07 Å². The summed E-state index contributed by atoms with van der Waals surface area (Å²) >= 11 is 0. The van der Waals surface area contributed by atoms with Crippen molar-refractivity contribution in [3.63, 3.8) is 0 Å². The van der Waals surface area contributed by atoms with Gasteiger partial charge in [0, 0.05) is 25.8 Å². The first-order valence-corrected chi connectivity index (χ1v) is 7.77. The van der Waals surface area contributed by atoms with Gasteiger partial charge in [0.1, 0.15) is 17.7 Å². The van der Waals surface area contributed by atoms with Gasteiger partial charge in [0.2, 0.25) is 0 Å². The van der Waals surface area contributed by atoms with Crippen LogP contribution < -0.4 is 4.74 Å². The largest absolute Gasteiger partial charge is 0.458 e. The van der Waals surface area contributed by atoms with E-state index in [-0.39, 0.29) is 0 Å². The van der Waals surface area contributed by atoms with Crippen molar-refractivity contribution in [3.05, 3.63) is 41.7 Å². The van der Waals surface area contributed by atoms with E-state index in [9.17, 15) is 10.2 Å². The van der Waals surface area contributed by atoms with Crippen molar-refractivity contribution in [2.45, 2.75) is 25.3 Å². The molecular weight excluding hydrogens is 296 g/mol. The standard InChI is InChI=1S/C17H20N2O4/c18-10-13-2-1-3-14(8-13)23-15-9-16(20)19(17(15)21)11-12-4-6-22-7-5-12/h1-3,8-9,12,16-17,20-21H,4-7,11H2. The zero-order valence-electron chi connectivity index (χ0n) is 12.8. The molecule has 1 saturated heterocycles. The summed E-state index contributed by atoms with van der Waals surface area (Å²) in [7, 11) is 0. The Morgan fingerprint density at radius 1 is 1.30 bits per heavy atom. The molecule has 2 atom stereocenters. The summed E-state index contributed by atoms with van der Waals surface area (Å²) in [5, 5.41) is 29.5. The average Bonchev–Trinajstić information content (AvgIpc) is 2.83. The van der Waals surface area contributed by atoms with Crippen molar-refractivity contribution in [1.82, 2.24) is 4.90 Å². The third-order valence-corrected chi connectivity index (χ3v) is 4.23. The van der Waals surface area contributed by atoms with Gasteiger partial charge in [-0.3, -0.25) is 0 Å². The van der Waals surface area contributed by atoms with Gasteiger partial charge in [-0.1, -0.05) is 6.07 Å². The first kappa shape index (κ1) is 16.0. The molecule has 2 N–H and O–H groups in total. The zero-order valence-corrected chi connectivity index (χ0v) is 12.8. The maximum absolute atomic E-state index is 10.4. The second kappa shape index (κ2) is 7.11. The number of hydrogen-bond acceptors (Lipinski definition) is 6. The van der Waals surface area contributed by atoms with E-state index in [4.69, 9.17) is 14.7 Å². The molecule has 1 fully saturated rings. The number of nitriles is 1. The molecule has 2 aliphatic rings. The molecule has 122 valence electrons. The Hall–Kier alpha value is -1.91. The number of benzene rings is 1. The van der Waals surface area contributed by atoms with E-state index in [2.05, 4.69) is 0 Å². The van der Waals surface area contributed by atoms with Gasteiger partial charge in [0.15, 0.2) is 6.23 Å². The number of aliphatic hydroxyl groups is 2. The van der Waals surface area contributed by atoms with E-state index in [0.717, 1.165) is 26.1 Å². The second-order valence-electron chi connectivity index (χ2n) is 5.85. The molecule has 1 aromatic carbocycles. The van der Waals surface area contributed by atoms with E-state index < -0.39 is 12.5 Å². The number of hydrogen-bond donors (Lipinski definition) is 2. The SMILES string of the molecule is N#Cc1cccc(OC2=CC(O)N(CC3CCOCC3)C2O)c1. The van der Waals surface area contributed by atoms with Crippen LogP contribution in [0.5, 0.6) is 5.75 Å². The van der Waals surface area contributed by atoms with Crippen molar-refractivity contribution in [2.75, 3.05) is 19.8 Å². The highest BCUT2D eigenvalue weighted by Crippen LogP contribution is 2.27. The number of nitrogens with zero attached hydrogens (tertiary/aromatic N) is 2. The molecule has 0 radical (unpaired) electrons. The normalized spacial score (nSPS) is 25.9. The Balaban J connectivity index is 1.64. The number of ether oxygens (including phenoxy) is 2. The fraction of sp³-hybridized carbons (Fsp3) is 0.471. The van der Waals surface area contributed by atoms with Gasteiger partial charge >= 0.3 is 0 Å². The third kappa shape index (κ3) is 3.71. The minimum Gasteiger partial charge on any atom is -0.458 e. The van der Waals surface area contributed by atoms with Crippen molar-refractivity contribution in [3.8, 4) is 11.8 Å². The first-order valence-electron chi connectivity index (χ1n) is 7.77. The Labute approximate surface area is 135 Å². The van der Waals surface area contributed by atoms with Gasteiger partial charge in [0.25, 0.3) is 0 Å². The lowest BCUT2D eigenvalue weighted by Gasteiger charge is -2.31. The maximum atomic E-state index is 10.4. The van der Waals surface area contributed by atoms with Crippen LogP contribution in [0.4, 0.5) is 0 Å². The molecule has 0 bridgehead atoms. The molecule has 0 aliphatic carbocycles. The number of aliphatic hydroxyl groups excluding tert-OH is 2. The molecule has 0 saturated carbocycles. The third-order valence-electron chi connectivity index (χ3n) is 4.23. The Morgan fingerprint density at radius 3 is 2.83 bits per heavy atom. The molecule has 3 rings (SSSR count). The minimum atomic E-state index is -0.987. The summed E-state index contributed by atoms with van der Waals surface area (Å²) in [5.41, 5.74) is 0.482. The van der Waals surface area contributed by atoms with Crippen LogP contribution in [0.1, 0.15) is 18.4 Å². The molecule has 0 aromatic heterocycles. The number of rotatable bonds is 4. The lowest BCUT2D eigenvalue weighted by molar-refractivity contribution is -0.0691. The minimum absolute atomic E-state index is 0.291. The van der Waals surface area contributed by atoms with Crippen molar-refractivity contribution < 1.29 is 19.7 Å². The van der Waals surface area contributed by atoms with Gasteiger partial charge in [-0.2, -0.15) is 5.26 Å². The Morgan fingerprint density at radius 2 is 2.09 bits per heavy atom. The molecule has 2 unspecified atom stereocenters. The van der Waals surface area contributed by atoms with Gasteiger partial charge in [-0.15, -0.1) is 0 Å². The topological polar surface area (TPSA) is 86.0 Å². The predicted octanol–water partition coefficient (Wildman–Crippen LogP) is 1.20. The zero-order chi connectivity index (χ0) is 16.2. The Kier molecular flexibility index (Phi) is 4.94. The molecule has 23 heavy (non-hydrogen) atoms. The molecule has 6 nitrogen and oxygen atoms in total. The van der Waals surface area contributed by atoms with Crippen LogP contribution in [0.3, 0.4) is 0 Å². The maximum Gasteiger partial charge on any atom is 0.168 e. The fourth-order valence-electron chi connectivity index (χ4n) is 2.92. The summed E-state index contributed by atoms with van der Waals surface area (Å²) in [6.45, 7) is 2.04. The lowest BCUT2D eigenvalue weighted by Crippen LogP contribution is -2.42. The first-order chi connectivity index (χ1) is 11.2. The predicted molar refractivity (Wildman–Crippen MR) is 82.1 cm³/mol. The van der Waals surface area contributed by atoms with Crippen LogP contribution in [0.25, 0.3) is 0 Å². The van der Waals surface area contributed by atoms with Crippen LogP contribution in [-0.4, -0.2) is 47.3 Å². The molecular formula is C17H20N2O4. The summed E-state index contributed by atoms with van der Waals surface area (Å²) < 4.78 is 11.0. The Bertz CT molecular complexity index is 619. The van der Waals surface area contributed by atoms with E-state index in [1.54, 1.807) is 29.2 Å². The molecule has 1 aromatic rings. The van der Waals surface area contributed by atoms with Crippen LogP contribution in [-0.2, 0) is 4.74 Å². The monoisotopic (exact) mass is 316 g/mol. The summed E-state index contributed by atoms with van der Waals surface area (Å²) in [6.07, 6.45) is 1.50. The molecule has 6 heteroatoms. The highest BCUT2D eigenvalue weighted by Gasteiger charge is 2.35. The van der Waals surface area contributed by atoms with Crippen LogP contribution in [0.15, 0.2) is 36.1 Å². The van der Waals surface area contributed by atoms with E-state index in [0.29, 0.717) is 29.5 Å². The summed E-state index contributed by atoms with van der Waals surface area (Å²) in [4.78, 5) is 1.61. The lowest BCUT2D eigenvalue weighted by atomic mass is 10.00. The average molecular weight is 316 g/mol. The van der Waals surface area contributed by atoms with Crippen LogP contribution in [0.2, 0.25) is 0 Å². The molecule has 0 spiro atoms. The van der Waals surface area contributed by atoms with E-state index in [1.165, 1.54) is 6.08 Å². The molecule has 0 amide bonds. The van der Waals surface area contributed by atoms with Crippen LogP contribution >= 0.6 is 0 Å². The van der Waals surface area contributed by atoms with Crippen molar-refractivity contribution >= 4 is 0 Å². The van der Waals surface area contributed by atoms with Gasteiger partial charge in [-0.05, 0) is 37.0 Å². The molecule has 2 aliphatic heterocycles. The van der Waals surface area contributed by atoms with Crippen molar-refractivity contribution in [1.29, 1.82) is 5.26 Å². The smallest absolute Gasteiger partial charge is 0.168 e. The summed E-state index contributed by atoms with van der Waals surface area (Å²) in [5.74, 6) is 1.15. The van der Waals surface area contributed by atoms with Gasteiger partial charge in [-0.25, -0.2) is 4.90 Å². The molecule has 2 heterocycles. The van der Waals surface area contributed by atoms with Crippen LogP contribution in [0, 0.1) is 17.2 Å². The summed E-state index contributed by atoms with van der Waals surface area (Å²) in [6, 6.07) is 8.74. The highest BCUT2D eigenvalue weighted by molar-refractivity contribution is 5.37. The van der Waals surface area contributed by atoms with Crippen molar-refractivity contribution in [2.24, 2.45) is 5.92 Å². The van der Waals surface area contributed by atoms with E-state index >= 15 is 0 Å². The fourth-order valence-corrected chi connectivity index (χ4v) is 2.92.